The Morgan fingerprint density at radius 1 is 1.23 bits per heavy atom. The second-order valence-electron chi connectivity index (χ2n) is 4.50. The van der Waals surface area contributed by atoms with Crippen LogP contribution in [0.3, 0.4) is 0 Å². The average molecular weight is 336 g/mol. The fraction of sp³-hybridized carbons (Fsp3) is 0.176. The van der Waals surface area contributed by atoms with E-state index in [1.807, 2.05) is 37.3 Å². The summed E-state index contributed by atoms with van der Waals surface area (Å²) in [6.45, 7) is 2.00. The third-order valence-corrected chi connectivity index (χ3v) is 4.02. The number of nitrogens with zero attached hydrogens (tertiary/aromatic N) is 1. The van der Waals surface area contributed by atoms with Crippen molar-refractivity contribution in [2.45, 2.75) is 13.3 Å². The van der Waals surface area contributed by atoms with Crippen molar-refractivity contribution in [2.75, 3.05) is 5.75 Å². The average Bonchev–Trinajstić information content (AvgIpc) is 2.51. The van der Waals surface area contributed by atoms with Crippen LogP contribution < -0.4 is 0 Å². The number of carbonyl (C=O) groups excluding carboxylic acids is 1. The molecular formula is C17H15ClFNOS. The smallest absolute Gasteiger partial charge is 0.169 e. The molecule has 2 rings (SSSR count). The van der Waals surface area contributed by atoms with E-state index in [0.29, 0.717) is 5.56 Å². The second-order valence-corrected chi connectivity index (χ2v) is 6.25. The molecule has 0 aliphatic carbocycles. The summed E-state index contributed by atoms with van der Waals surface area (Å²) < 4.78 is 13.2. The van der Waals surface area contributed by atoms with E-state index in [2.05, 4.69) is 4.99 Å². The maximum Gasteiger partial charge on any atom is 0.169 e. The molecule has 0 bridgehead atoms. The molecular weight excluding hydrogens is 321 g/mol. The van der Waals surface area contributed by atoms with Gasteiger partial charge in [0.25, 0.3) is 0 Å². The van der Waals surface area contributed by atoms with Gasteiger partial charge in [-0.1, -0.05) is 36.7 Å². The third-order valence-electron chi connectivity index (χ3n) is 2.87. The summed E-state index contributed by atoms with van der Waals surface area (Å²) in [6, 6.07) is 13.5. The molecule has 0 aromatic heterocycles. The van der Waals surface area contributed by atoms with Crippen molar-refractivity contribution < 1.29 is 9.18 Å². The monoisotopic (exact) mass is 335 g/mol. The van der Waals surface area contributed by atoms with Gasteiger partial charge in [0.2, 0.25) is 0 Å². The van der Waals surface area contributed by atoms with Crippen molar-refractivity contribution in [3.8, 4) is 0 Å². The van der Waals surface area contributed by atoms with Crippen LogP contribution >= 0.6 is 23.4 Å². The summed E-state index contributed by atoms with van der Waals surface area (Å²) >= 11 is 7.25. The van der Waals surface area contributed by atoms with Crippen molar-refractivity contribution in [1.29, 1.82) is 0 Å². The summed E-state index contributed by atoms with van der Waals surface area (Å²) in [5, 5.41) is 0.690. The van der Waals surface area contributed by atoms with E-state index in [1.165, 1.54) is 30.0 Å². The Bertz CT molecular complexity index is 688. The fourth-order valence-corrected chi connectivity index (χ4v) is 2.76. The number of carbonyl (C=O) groups is 1. The summed E-state index contributed by atoms with van der Waals surface area (Å²) in [4.78, 5) is 16.8. The Morgan fingerprint density at radius 2 is 1.95 bits per heavy atom. The summed E-state index contributed by atoms with van der Waals surface area (Å²) in [7, 11) is 0. The van der Waals surface area contributed by atoms with Crippen LogP contribution in [0.4, 0.5) is 10.1 Å². The summed E-state index contributed by atoms with van der Waals surface area (Å²) in [5.41, 5.74) is 1.20. The number of halogens is 2. The molecule has 0 saturated carbocycles. The highest BCUT2D eigenvalue weighted by Gasteiger charge is 2.12. The molecule has 0 heterocycles. The number of ketones is 1. The van der Waals surface area contributed by atoms with E-state index in [-0.39, 0.29) is 17.2 Å². The largest absolute Gasteiger partial charge is 0.294 e. The predicted octanol–water partition coefficient (Wildman–Crippen LogP) is 5.54. The van der Waals surface area contributed by atoms with E-state index in [0.717, 1.165) is 16.5 Å². The molecule has 0 N–H and O–H groups in total. The minimum atomic E-state index is -0.528. The normalized spacial score (nSPS) is 11.5. The first-order valence-corrected chi connectivity index (χ1v) is 8.20. The molecule has 0 aliphatic heterocycles. The molecule has 2 nitrogen and oxygen atoms in total. The molecule has 5 heteroatoms. The van der Waals surface area contributed by atoms with Crippen LogP contribution in [0.2, 0.25) is 5.02 Å². The highest BCUT2D eigenvalue weighted by molar-refractivity contribution is 8.14. The first-order chi connectivity index (χ1) is 10.6. The lowest BCUT2D eigenvalue weighted by Gasteiger charge is -2.06. The highest BCUT2D eigenvalue weighted by Crippen LogP contribution is 2.21. The van der Waals surface area contributed by atoms with Crippen LogP contribution in [-0.4, -0.2) is 16.6 Å². The zero-order valence-electron chi connectivity index (χ0n) is 12.1. The standard InChI is InChI=1S/C17H15ClFNOS/c1-2-22-17(20-13-6-4-3-5-7-13)11-16(21)12-8-9-15(19)14(18)10-12/h3-10H,2,11H2,1H3. The highest BCUT2D eigenvalue weighted by atomic mass is 35.5. The lowest BCUT2D eigenvalue weighted by atomic mass is 10.1. The zero-order chi connectivity index (χ0) is 15.9. The van der Waals surface area contributed by atoms with Crippen LogP contribution in [0.15, 0.2) is 53.5 Å². The van der Waals surface area contributed by atoms with Crippen LogP contribution in [0.25, 0.3) is 0 Å². The Labute approximate surface area is 138 Å². The number of Topliss-reactive ketones (excluding diaryl/α,β-unsaturated/α-hetero) is 1. The zero-order valence-corrected chi connectivity index (χ0v) is 13.6. The molecule has 0 amide bonds. The third kappa shape index (κ3) is 4.68. The molecule has 0 unspecified atom stereocenters. The lowest BCUT2D eigenvalue weighted by molar-refractivity contribution is 0.100. The number of benzene rings is 2. The van der Waals surface area contributed by atoms with Crippen molar-refractivity contribution >= 4 is 39.9 Å². The SMILES string of the molecule is CCSC(CC(=O)c1ccc(F)c(Cl)c1)=Nc1ccccc1. The molecule has 0 saturated heterocycles. The molecule has 22 heavy (non-hydrogen) atoms. The minimum Gasteiger partial charge on any atom is -0.294 e. The van der Waals surface area contributed by atoms with E-state index >= 15 is 0 Å². The fourth-order valence-electron chi connectivity index (χ4n) is 1.84. The number of aliphatic imine (C=N–C) groups is 1. The van der Waals surface area contributed by atoms with Gasteiger partial charge in [-0.3, -0.25) is 4.79 Å². The van der Waals surface area contributed by atoms with Gasteiger partial charge in [0.05, 0.1) is 22.2 Å². The van der Waals surface area contributed by atoms with Gasteiger partial charge in [-0.25, -0.2) is 9.38 Å². The van der Waals surface area contributed by atoms with Gasteiger partial charge in [0.15, 0.2) is 5.78 Å². The Kier molecular flexibility index (Phi) is 6.16. The molecule has 0 aliphatic rings. The molecule has 2 aromatic carbocycles. The van der Waals surface area contributed by atoms with Gasteiger partial charge >= 0.3 is 0 Å². The number of hydrogen-bond donors (Lipinski definition) is 0. The van der Waals surface area contributed by atoms with Gasteiger partial charge < -0.3 is 0 Å². The first kappa shape index (κ1) is 16.7. The van der Waals surface area contributed by atoms with Crippen LogP contribution in [0.5, 0.6) is 0 Å². The number of hydrogen-bond acceptors (Lipinski definition) is 3. The lowest BCUT2D eigenvalue weighted by Crippen LogP contribution is -2.06. The molecule has 0 atom stereocenters. The Hall–Kier alpha value is -1.65. The van der Waals surface area contributed by atoms with Crippen molar-refractivity contribution in [3.05, 3.63) is 64.9 Å². The predicted molar refractivity (Wildman–Crippen MR) is 92.0 cm³/mol. The van der Waals surface area contributed by atoms with Gasteiger partial charge in [0, 0.05) is 5.56 Å². The Balaban J connectivity index is 2.18. The summed E-state index contributed by atoms with van der Waals surface area (Å²) in [6.07, 6.45) is 0.176. The summed E-state index contributed by atoms with van der Waals surface area (Å²) in [5.74, 6) is 0.167. The van der Waals surface area contributed by atoms with Crippen molar-refractivity contribution in [3.63, 3.8) is 0 Å². The van der Waals surface area contributed by atoms with Gasteiger partial charge in [0.1, 0.15) is 5.82 Å². The van der Waals surface area contributed by atoms with E-state index in [9.17, 15) is 9.18 Å². The molecule has 0 radical (unpaired) electrons. The first-order valence-electron chi connectivity index (χ1n) is 6.84. The molecule has 0 spiro atoms. The number of thioether (sulfide) groups is 1. The Morgan fingerprint density at radius 3 is 2.59 bits per heavy atom. The van der Waals surface area contributed by atoms with Crippen LogP contribution in [0.1, 0.15) is 23.7 Å². The van der Waals surface area contributed by atoms with E-state index in [1.54, 1.807) is 0 Å². The van der Waals surface area contributed by atoms with Gasteiger partial charge in [-0.2, -0.15) is 0 Å². The topological polar surface area (TPSA) is 29.4 Å². The molecule has 0 fully saturated rings. The van der Waals surface area contributed by atoms with Crippen LogP contribution in [0, 0.1) is 5.82 Å². The minimum absolute atomic E-state index is 0.0458. The quantitative estimate of drug-likeness (QED) is 0.408. The van der Waals surface area contributed by atoms with Gasteiger partial charge in [-0.05, 0) is 36.1 Å². The van der Waals surface area contributed by atoms with Crippen molar-refractivity contribution in [2.24, 2.45) is 4.99 Å². The van der Waals surface area contributed by atoms with Gasteiger partial charge in [-0.15, -0.1) is 11.8 Å². The maximum atomic E-state index is 13.2. The maximum absolute atomic E-state index is 13.2. The van der Waals surface area contributed by atoms with E-state index in [4.69, 9.17) is 11.6 Å². The molecule has 2 aromatic rings. The molecule has 114 valence electrons. The van der Waals surface area contributed by atoms with Crippen LogP contribution in [-0.2, 0) is 0 Å². The van der Waals surface area contributed by atoms with E-state index < -0.39 is 5.82 Å². The number of para-hydroxylation sites is 1. The van der Waals surface area contributed by atoms with Crippen molar-refractivity contribution in [1.82, 2.24) is 0 Å². The second kappa shape index (κ2) is 8.11. The number of rotatable bonds is 5.